The molecule has 0 saturated carbocycles. The first-order valence-electron chi connectivity index (χ1n) is 7.54. The number of aryl methyl sites for hydroxylation is 1. The maximum atomic E-state index is 12.7. The average Bonchev–Trinajstić information content (AvgIpc) is 3.05. The van der Waals surface area contributed by atoms with Gasteiger partial charge in [-0.2, -0.15) is 0 Å². The molecule has 1 aliphatic heterocycles. The van der Waals surface area contributed by atoms with E-state index in [1.54, 1.807) is 0 Å². The molecule has 1 amide bonds. The highest BCUT2D eigenvalue weighted by Gasteiger charge is 2.23. The van der Waals surface area contributed by atoms with Gasteiger partial charge in [0.2, 0.25) is 0 Å². The van der Waals surface area contributed by atoms with E-state index in [1.165, 1.54) is 12.8 Å². The minimum Gasteiger partial charge on any atom is -0.342 e. The SMILES string of the molecule is CCCn1cc(Br)cc1C(=O)N(CC)CC1CCCN1. The van der Waals surface area contributed by atoms with Gasteiger partial charge in [0.05, 0.1) is 0 Å². The van der Waals surface area contributed by atoms with Gasteiger partial charge in [0, 0.05) is 36.3 Å². The van der Waals surface area contributed by atoms with Crippen LogP contribution in [-0.2, 0) is 6.54 Å². The molecule has 0 spiro atoms. The molecule has 2 rings (SSSR count). The molecule has 1 saturated heterocycles. The Bertz CT molecular complexity index is 452. The molecule has 1 unspecified atom stereocenters. The third-order valence-electron chi connectivity index (χ3n) is 3.82. The molecule has 112 valence electrons. The fraction of sp³-hybridized carbons (Fsp3) is 0.667. The van der Waals surface area contributed by atoms with Gasteiger partial charge in [0.15, 0.2) is 0 Å². The summed E-state index contributed by atoms with van der Waals surface area (Å²) in [7, 11) is 0. The Morgan fingerprint density at radius 1 is 1.55 bits per heavy atom. The van der Waals surface area contributed by atoms with E-state index in [1.807, 2.05) is 17.2 Å². The Labute approximate surface area is 129 Å². The Balaban J connectivity index is 2.10. The lowest BCUT2D eigenvalue weighted by Gasteiger charge is -2.25. The number of likely N-dealkylation sites (N-methyl/N-ethyl adjacent to an activating group) is 1. The monoisotopic (exact) mass is 341 g/mol. The number of aromatic nitrogens is 1. The molecule has 1 N–H and O–H groups in total. The molecule has 2 heterocycles. The maximum Gasteiger partial charge on any atom is 0.270 e. The molecule has 0 aliphatic carbocycles. The summed E-state index contributed by atoms with van der Waals surface area (Å²) in [5, 5.41) is 3.46. The number of carbonyl (C=O) groups is 1. The topological polar surface area (TPSA) is 37.3 Å². The van der Waals surface area contributed by atoms with Crippen LogP contribution < -0.4 is 5.32 Å². The number of nitrogens with zero attached hydrogens (tertiary/aromatic N) is 2. The van der Waals surface area contributed by atoms with Gasteiger partial charge in [-0.1, -0.05) is 6.92 Å². The highest BCUT2D eigenvalue weighted by Crippen LogP contribution is 2.18. The van der Waals surface area contributed by atoms with Crippen molar-refractivity contribution in [2.75, 3.05) is 19.6 Å². The van der Waals surface area contributed by atoms with Crippen LogP contribution in [0.25, 0.3) is 0 Å². The molecule has 1 aromatic heterocycles. The maximum absolute atomic E-state index is 12.7. The van der Waals surface area contributed by atoms with Crippen molar-refractivity contribution in [3.05, 3.63) is 22.4 Å². The predicted octanol–water partition coefficient (Wildman–Crippen LogP) is 2.87. The van der Waals surface area contributed by atoms with Crippen LogP contribution in [0.15, 0.2) is 16.7 Å². The fourth-order valence-corrected chi connectivity index (χ4v) is 3.24. The van der Waals surface area contributed by atoms with E-state index in [0.717, 1.165) is 42.8 Å². The number of amides is 1. The van der Waals surface area contributed by atoms with E-state index in [2.05, 4.69) is 39.7 Å². The van der Waals surface area contributed by atoms with Gasteiger partial charge < -0.3 is 14.8 Å². The number of rotatable bonds is 6. The van der Waals surface area contributed by atoms with E-state index < -0.39 is 0 Å². The molecule has 20 heavy (non-hydrogen) atoms. The summed E-state index contributed by atoms with van der Waals surface area (Å²) in [6, 6.07) is 2.39. The van der Waals surface area contributed by atoms with Gasteiger partial charge in [-0.25, -0.2) is 0 Å². The van der Waals surface area contributed by atoms with Crippen LogP contribution in [-0.4, -0.2) is 41.1 Å². The number of halogens is 1. The summed E-state index contributed by atoms with van der Waals surface area (Å²) in [4.78, 5) is 14.7. The molecule has 1 aliphatic rings. The summed E-state index contributed by atoms with van der Waals surface area (Å²) in [6.07, 6.45) is 5.41. The average molecular weight is 342 g/mol. The first-order valence-corrected chi connectivity index (χ1v) is 8.33. The van der Waals surface area contributed by atoms with Crippen molar-refractivity contribution in [1.29, 1.82) is 0 Å². The van der Waals surface area contributed by atoms with E-state index in [4.69, 9.17) is 0 Å². The second-order valence-electron chi connectivity index (χ2n) is 5.37. The molecular formula is C15H24BrN3O. The van der Waals surface area contributed by atoms with Crippen LogP contribution in [0.2, 0.25) is 0 Å². The Kier molecular flexibility index (Phi) is 5.66. The number of hydrogen-bond acceptors (Lipinski definition) is 2. The highest BCUT2D eigenvalue weighted by molar-refractivity contribution is 9.10. The summed E-state index contributed by atoms with van der Waals surface area (Å²) < 4.78 is 3.03. The first-order chi connectivity index (χ1) is 9.65. The molecule has 1 fully saturated rings. The van der Waals surface area contributed by atoms with Gasteiger partial charge >= 0.3 is 0 Å². The van der Waals surface area contributed by atoms with Crippen LogP contribution in [0, 0.1) is 0 Å². The molecule has 0 radical (unpaired) electrons. The molecule has 0 bridgehead atoms. The first kappa shape index (κ1) is 15.6. The number of nitrogens with one attached hydrogen (secondary N) is 1. The van der Waals surface area contributed by atoms with Crippen LogP contribution in [0.3, 0.4) is 0 Å². The zero-order chi connectivity index (χ0) is 14.5. The fourth-order valence-electron chi connectivity index (χ4n) is 2.78. The van der Waals surface area contributed by atoms with Crippen molar-refractivity contribution >= 4 is 21.8 Å². The van der Waals surface area contributed by atoms with Crippen molar-refractivity contribution in [1.82, 2.24) is 14.8 Å². The minimum atomic E-state index is 0.139. The van der Waals surface area contributed by atoms with Crippen molar-refractivity contribution < 1.29 is 4.79 Å². The van der Waals surface area contributed by atoms with Crippen molar-refractivity contribution in [3.8, 4) is 0 Å². The van der Waals surface area contributed by atoms with Gasteiger partial charge in [-0.05, 0) is 54.7 Å². The Morgan fingerprint density at radius 2 is 2.35 bits per heavy atom. The molecule has 0 aromatic carbocycles. The Hall–Kier alpha value is -0.810. The van der Waals surface area contributed by atoms with Crippen LogP contribution in [0.5, 0.6) is 0 Å². The molecule has 1 aromatic rings. The zero-order valence-corrected chi connectivity index (χ0v) is 13.9. The normalized spacial score (nSPS) is 18.4. The zero-order valence-electron chi connectivity index (χ0n) is 12.4. The van der Waals surface area contributed by atoms with E-state index in [0.29, 0.717) is 6.04 Å². The summed E-state index contributed by atoms with van der Waals surface area (Å²) >= 11 is 3.48. The third kappa shape index (κ3) is 3.64. The lowest BCUT2D eigenvalue weighted by molar-refractivity contribution is 0.0740. The minimum absolute atomic E-state index is 0.139. The molecule has 4 nitrogen and oxygen atoms in total. The predicted molar refractivity (Wildman–Crippen MR) is 85.0 cm³/mol. The molecule has 5 heteroatoms. The number of carbonyl (C=O) groups excluding carboxylic acids is 1. The molecular weight excluding hydrogens is 318 g/mol. The van der Waals surface area contributed by atoms with Gasteiger partial charge in [0.1, 0.15) is 5.69 Å². The second-order valence-corrected chi connectivity index (χ2v) is 6.29. The quantitative estimate of drug-likeness (QED) is 0.863. The molecule has 1 atom stereocenters. The van der Waals surface area contributed by atoms with Crippen LogP contribution in [0.1, 0.15) is 43.6 Å². The van der Waals surface area contributed by atoms with Gasteiger partial charge in [0.25, 0.3) is 5.91 Å². The number of hydrogen-bond donors (Lipinski definition) is 1. The van der Waals surface area contributed by atoms with Crippen molar-refractivity contribution in [2.24, 2.45) is 0 Å². The third-order valence-corrected chi connectivity index (χ3v) is 4.25. The van der Waals surface area contributed by atoms with Crippen LogP contribution >= 0.6 is 15.9 Å². The lowest BCUT2D eigenvalue weighted by Crippen LogP contribution is -2.41. The second kappa shape index (κ2) is 7.27. The summed E-state index contributed by atoms with van der Waals surface area (Å²) in [5.74, 6) is 0.139. The van der Waals surface area contributed by atoms with Crippen molar-refractivity contribution in [3.63, 3.8) is 0 Å². The van der Waals surface area contributed by atoms with E-state index in [9.17, 15) is 4.79 Å². The largest absolute Gasteiger partial charge is 0.342 e. The summed E-state index contributed by atoms with van der Waals surface area (Å²) in [6.45, 7) is 7.70. The lowest BCUT2D eigenvalue weighted by atomic mass is 10.2. The van der Waals surface area contributed by atoms with Gasteiger partial charge in [-0.3, -0.25) is 4.79 Å². The summed E-state index contributed by atoms with van der Waals surface area (Å²) in [5.41, 5.74) is 0.790. The van der Waals surface area contributed by atoms with E-state index in [-0.39, 0.29) is 5.91 Å². The Morgan fingerprint density at radius 3 is 2.95 bits per heavy atom. The van der Waals surface area contributed by atoms with Gasteiger partial charge in [-0.15, -0.1) is 0 Å². The highest BCUT2D eigenvalue weighted by atomic mass is 79.9. The van der Waals surface area contributed by atoms with E-state index >= 15 is 0 Å². The standard InChI is InChI=1S/C15H24BrN3O/c1-3-8-19-10-12(16)9-14(19)15(20)18(4-2)11-13-6-5-7-17-13/h9-10,13,17H,3-8,11H2,1-2H3. The van der Waals surface area contributed by atoms with Crippen LogP contribution in [0.4, 0.5) is 0 Å². The smallest absolute Gasteiger partial charge is 0.270 e. The van der Waals surface area contributed by atoms with Crippen molar-refractivity contribution in [2.45, 2.75) is 45.7 Å².